The number of hydrogen-bond acceptors (Lipinski definition) is 4. The predicted octanol–water partition coefficient (Wildman–Crippen LogP) is 3.65. The number of benzene rings is 2. The second-order valence-corrected chi connectivity index (χ2v) is 12.3. The summed E-state index contributed by atoms with van der Waals surface area (Å²) in [5.74, 6) is 0.104. The van der Waals surface area contributed by atoms with E-state index < -0.39 is 11.5 Å². The lowest BCUT2D eigenvalue weighted by Crippen LogP contribution is -2.55. The molecule has 5 rings (SSSR count). The van der Waals surface area contributed by atoms with Crippen molar-refractivity contribution in [1.29, 1.82) is 0 Å². The number of piperidine rings is 1. The van der Waals surface area contributed by atoms with Gasteiger partial charge in [-0.3, -0.25) is 9.59 Å². The van der Waals surface area contributed by atoms with Crippen LogP contribution >= 0.6 is 0 Å². The number of fused-ring (bicyclic) bond motifs is 1. The van der Waals surface area contributed by atoms with Gasteiger partial charge >= 0.3 is 6.03 Å². The smallest absolute Gasteiger partial charge is 0.318 e. The van der Waals surface area contributed by atoms with Gasteiger partial charge in [0, 0.05) is 44.0 Å². The molecule has 2 aromatic carbocycles. The van der Waals surface area contributed by atoms with Crippen molar-refractivity contribution in [2.24, 2.45) is 0 Å². The van der Waals surface area contributed by atoms with Crippen LogP contribution in [-0.4, -0.2) is 90.9 Å². The first-order chi connectivity index (χ1) is 19.2. The number of para-hydroxylation sites is 1. The Balaban J connectivity index is 1.25. The molecule has 0 unspecified atom stereocenters. The fourth-order valence-corrected chi connectivity index (χ4v) is 6.47. The summed E-state index contributed by atoms with van der Waals surface area (Å²) < 4.78 is 0. The number of likely N-dealkylation sites (N-methyl/N-ethyl adjacent to an activating group) is 1. The van der Waals surface area contributed by atoms with Crippen LogP contribution in [0.1, 0.15) is 50.7 Å². The van der Waals surface area contributed by atoms with Gasteiger partial charge in [-0.25, -0.2) is 4.79 Å². The standard InChI is InChI=1S/C32H43N5O3/c1-32(2)26-12-8-9-13-28(26)37(30(32)39)24-16-19-35(20-17-24)29(38)27(15-14-23-10-6-5-7-11-23)33-31(40)36-21-18-25(22-36)34(3)4/h5-13,24-25,27H,14-22H2,1-4H3,(H,33,40)/t25-,27-/m0/s1. The van der Waals surface area contributed by atoms with Crippen molar-refractivity contribution >= 4 is 23.5 Å². The fourth-order valence-electron chi connectivity index (χ4n) is 6.47. The molecule has 0 aliphatic carbocycles. The first-order valence-electron chi connectivity index (χ1n) is 14.6. The number of carbonyl (C=O) groups is 3. The van der Waals surface area contributed by atoms with Gasteiger partial charge in [-0.1, -0.05) is 48.5 Å². The Morgan fingerprint density at radius 2 is 1.60 bits per heavy atom. The summed E-state index contributed by atoms with van der Waals surface area (Å²) in [7, 11) is 4.08. The first kappa shape index (κ1) is 28.1. The van der Waals surface area contributed by atoms with E-state index in [1.54, 1.807) is 0 Å². The minimum atomic E-state index is -0.587. The topological polar surface area (TPSA) is 76.2 Å². The third-order valence-corrected chi connectivity index (χ3v) is 9.07. The van der Waals surface area contributed by atoms with Crippen molar-refractivity contribution < 1.29 is 14.4 Å². The van der Waals surface area contributed by atoms with Crippen molar-refractivity contribution in [2.75, 3.05) is 45.2 Å². The molecule has 214 valence electrons. The molecule has 3 heterocycles. The van der Waals surface area contributed by atoms with Gasteiger partial charge in [0.15, 0.2) is 0 Å². The van der Waals surface area contributed by atoms with E-state index in [1.807, 2.05) is 85.1 Å². The summed E-state index contributed by atoms with van der Waals surface area (Å²) in [4.78, 5) is 48.4. The monoisotopic (exact) mass is 545 g/mol. The third kappa shape index (κ3) is 5.59. The summed E-state index contributed by atoms with van der Waals surface area (Å²) in [6, 6.07) is 17.8. The van der Waals surface area contributed by atoms with Gasteiger partial charge in [-0.15, -0.1) is 0 Å². The maximum atomic E-state index is 13.8. The Labute approximate surface area is 238 Å². The Kier molecular flexibility index (Phi) is 8.17. The van der Waals surface area contributed by atoms with Gasteiger partial charge in [0.25, 0.3) is 0 Å². The average Bonchev–Trinajstić information content (AvgIpc) is 3.54. The van der Waals surface area contributed by atoms with Crippen LogP contribution in [0, 0.1) is 0 Å². The average molecular weight is 546 g/mol. The number of amides is 4. The van der Waals surface area contributed by atoms with Crippen LogP contribution in [0.25, 0.3) is 0 Å². The van der Waals surface area contributed by atoms with Crippen LogP contribution < -0.4 is 10.2 Å². The van der Waals surface area contributed by atoms with Gasteiger partial charge < -0.3 is 24.9 Å². The highest BCUT2D eigenvalue weighted by Gasteiger charge is 2.47. The zero-order valence-corrected chi connectivity index (χ0v) is 24.3. The van der Waals surface area contributed by atoms with Crippen LogP contribution in [0.2, 0.25) is 0 Å². The molecule has 2 aromatic rings. The molecule has 2 saturated heterocycles. The maximum absolute atomic E-state index is 13.8. The van der Waals surface area contributed by atoms with Crippen molar-refractivity contribution in [3.63, 3.8) is 0 Å². The van der Waals surface area contributed by atoms with Crippen LogP contribution in [0.4, 0.5) is 10.5 Å². The predicted molar refractivity (Wildman–Crippen MR) is 157 cm³/mol. The summed E-state index contributed by atoms with van der Waals surface area (Å²) in [6.07, 6.45) is 3.63. The van der Waals surface area contributed by atoms with Crippen LogP contribution in [0.3, 0.4) is 0 Å². The van der Waals surface area contributed by atoms with E-state index >= 15 is 0 Å². The van der Waals surface area contributed by atoms with Gasteiger partial charge in [-0.05, 0) is 77.2 Å². The number of likely N-dealkylation sites (tertiary alicyclic amines) is 2. The summed E-state index contributed by atoms with van der Waals surface area (Å²) >= 11 is 0. The molecule has 3 aliphatic heterocycles. The molecule has 3 aliphatic rings. The number of urea groups is 1. The summed E-state index contributed by atoms with van der Waals surface area (Å²) in [5.41, 5.74) is 2.67. The summed E-state index contributed by atoms with van der Waals surface area (Å²) in [6.45, 7) is 6.49. The molecule has 0 saturated carbocycles. The molecule has 2 fully saturated rings. The lowest BCUT2D eigenvalue weighted by Gasteiger charge is -2.39. The fraction of sp³-hybridized carbons (Fsp3) is 0.531. The van der Waals surface area contributed by atoms with E-state index in [0.717, 1.165) is 36.1 Å². The highest BCUT2D eigenvalue weighted by molar-refractivity contribution is 6.08. The third-order valence-electron chi connectivity index (χ3n) is 9.07. The van der Waals surface area contributed by atoms with Crippen LogP contribution in [0.5, 0.6) is 0 Å². The van der Waals surface area contributed by atoms with E-state index in [-0.39, 0.29) is 23.9 Å². The Hall–Kier alpha value is -3.39. The Morgan fingerprint density at radius 3 is 2.27 bits per heavy atom. The van der Waals surface area contributed by atoms with Crippen molar-refractivity contribution in [3.8, 4) is 0 Å². The van der Waals surface area contributed by atoms with Gasteiger partial charge in [-0.2, -0.15) is 0 Å². The highest BCUT2D eigenvalue weighted by Crippen LogP contribution is 2.43. The summed E-state index contributed by atoms with van der Waals surface area (Å²) in [5, 5.41) is 3.10. The number of nitrogens with one attached hydrogen (secondary N) is 1. The van der Waals surface area contributed by atoms with Crippen molar-refractivity contribution in [1.82, 2.24) is 20.0 Å². The van der Waals surface area contributed by atoms with Crippen LogP contribution in [-0.2, 0) is 21.4 Å². The minimum absolute atomic E-state index is 0.0282. The molecule has 8 nitrogen and oxygen atoms in total. The molecule has 8 heteroatoms. The van der Waals surface area contributed by atoms with Gasteiger partial charge in [0.1, 0.15) is 6.04 Å². The van der Waals surface area contributed by atoms with Crippen molar-refractivity contribution in [3.05, 3.63) is 65.7 Å². The molecule has 0 bridgehead atoms. The Morgan fingerprint density at radius 1 is 0.950 bits per heavy atom. The molecule has 0 spiro atoms. The molecular formula is C32H43N5O3. The van der Waals surface area contributed by atoms with E-state index in [1.165, 1.54) is 0 Å². The molecular weight excluding hydrogens is 502 g/mol. The number of nitrogens with zero attached hydrogens (tertiary/aromatic N) is 4. The van der Waals surface area contributed by atoms with E-state index in [0.29, 0.717) is 45.1 Å². The van der Waals surface area contributed by atoms with Gasteiger partial charge in [0.2, 0.25) is 11.8 Å². The normalized spacial score (nSPS) is 21.6. The van der Waals surface area contributed by atoms with Crippen molar-refractivity contribution in [2.45, 2.75) is 69.5 Å². The zero-order chi connectivity index (χ0) is 28.4. The number of rotatable bonds is 7. The van der Waals surface area contributed by atoms with Gasteiger partial charge in [0.05, 0.1) is 5.41 Å². The quantitative estimate of drug-likeness (QED) is 0.577. The number of anilines is 1. The number of aryl methyl sites for hydroxylation is 1. The first-order valence-corrected chi connectivity index (χ1v) is 14.6. The SMILES string of the molecule is CN(C)[C@H]1CCN(C(=O)N[C@@H](CCc2ccccc2)C(=O)N2CCC(N3C(=O)C(C)(C)c4ccccc43)CC2)C1. The molecule has 2 atom stereocenters. The zero-order valence-electron chi connectivity index (χ0n) is 24.3. The van der Waals surface area contributed by atoms with E-state index in [4.69, 9.17) is 0 Å². The van der Waals surface area contributed by atoms with Crippen LogP contribution in [0.15, 0.2) is 54.6 Å². The lowest BCUT2D eigenvalue weighted by molar-refractivity contribution is -0.134. The molecule has 0 radical (unpaired) electrons. The maximum Gasteiger partial charge on any atom is 0.318 e. The number of carbonyl (C=O) groups excluding carboxylic acids is 3. The van der Waals surface area contributed by atoms with E-state index in [9.17, 15) is 14.4 Å². The minimum Gasteiger partial charge on any atom is -0.341 e. The molecule has 4 amide bonds. The molecule has 1 N–H and O–H groups in total. The Bertz CT molecular complexity index is 1220. The molecule has 0 aromatic heterocycles. The number of hydrogen-bond donors (Lipinski definition) is 1. The van der Waals surface area contributed by atoms with E-state index in [2.05, 4.69) is 22.3 Å². The second kappa shape index (κ2) is 11.6. The second-order valence-electron chi connectivity index (χ2n) is 12.3. The lowest BCUT2D eigenvalue weighted by atomic mass is 9.86. The highest BCUT2D eigenvalue weighted by atomic mass is 16.2. The molecule has 40 heavy (non-hydrogen) atoms. The largest absolute Gasteiger partial charge is 0.341 e.